The number of amides is 1. The first-order valence-corrected chi connectivity index (χ1v) is 14.3. The first kappa shape index (κ1) is 26.7. The number of carbonyl (C=O) groups excluding carboxylic acids is 1. The van der Waals surface area contributed by atoms with E-state index in [0.717, 1.165) is 5.69 Å². The topological polar surface area (TPSA) is 179 Å². The smallest absolute Gasteiger partial charge is 0.243 e. The summed E-state index contributed by atoms with van der Waals surface area (Å²) in [6.45, 7) is 5.93. The van der Waals surface area contributed by atoms with Gasteiger partial charge in [0.25, 0.3) is 0 Å². The lowest BCUT2D eigenvalue weighted by atomic mass is 9.84. The maximum absolute atomic E-state index is 14.4. The van der Waals surface area contributed by atoms with Crippen LogP contribution in [0.15, 0.2) is 48.0 Å². The Balaban J connectivity index is 1.26. The maximum Gasteiger partial charge on any atom is 0.243 e. The molecule has 1 aliphatic heterocycles. The largest absolute Gasteiger partial charge is 0.383 e. The number of aromatic nitrogens is 10. The molecule has 0 fully saturated rings. The SMILES string of the molecule is CC(C)(Cc1csc(C2(C)C(=O)Nc3nc(-c4nn(Cc5ccccc5F)c5ncccc45)nc(N)c32)n1)c1nn[nH]n1. The molecule has 1 amide bonds. The van der Waals surface area contributed by atoms with Gasteiger partial charge in [0.05, 0.1) is 23.2 Å². The van der Waals surface area contributed by atoms with E-state index in [1.807, 2.05) is 25.3 Å². The van der Waals surface area contributed by atoms with Crippen LogP contribution in [0.2, 0.25) is 0 Å². The number of rotatable bonds is 7. The molecule has 6 heterocycles. The van der Waals surface area contributed by atoms with Gasteiger partial charge < -0.3 is 11.1 Å². The van der Waals surface area contributed by atoms with E-state index in [0.29, 0.717) is 50.9 Å². The van der Waals surface area contributed by atoms with Crippen LogP contribution in [0, 0.1) is 5.82 Å². The van der Waals surface area contributed by atoms with E-state index in [2.05, 4.69) is 35.9 Å². The number of pyridine rings is 1. The molecule has 0 bridgehead atoms. The van der Waals surface area contributed by atoms with Crippen molar-refractivity contribution in [1.29, 1.82) is 0 Å². The molecular weight excluding hydrogens is 571 g/mol. The Morgan fingerprint density at radius 1 is 1.14 bits per heavy atom. The Labute approximate surface area is 247 Å². The van der Waals surface area contributed by atoms with Crippen LogP contribution in [-0.4, -0.2) is 56.2 Å². The summed E-state index contributed by atoms with van der Waals surface area (Å²) in [6.07, 6.45) is 2.18. The van der Waals surface area contributed by atoms with Crippen LogP contribution in [0.25, 0.3) is 22.6 Å². The predicted octanol–water partition coefficient (Wildman–Crippen LogP) is 3.41. The number of nitrogen functional groups attached to an aromatic ring is 1. The molecule has 1 aromatic carbocycles. The van der Waals surface area contributed by atoms with Gasteiger partial charge in [-0.2, -0.15) is 10.3 Å². The Morgan fingerprint density at radius 3 is 2.77 bits per heavy atom. The lowest BCUT2D eigenvalue weighted by Gasteiger charge is -2.21. The predicted molar refractivity (Wildman–Crippen MR) is 157 cm³/mol. The van der Waals surface area contributed by atoms with Crippen LogP contribution in [0.4, 0.5) is 16.0 Å². The van der Waals surface area contributed by atoms with E-state index >= 15 is 0 Å². The van der Waals surface area contributed by atoms with Gasteiger partial charge >= 0.3 is 0 Å². The molecule has 0 radical (unpaired) electrons. The van der Waals surface area contributed by atoms with Crippen LogP contribution in [-0.2, 0) is 28.6 Å². The molecule has 4 N–H and O–H groups in total. The van der Waals surface area contributed by atoms with Gasteiger partial charge in [-0.1, -0.05) is 37.3 Å². The van der Waals surface area contributed by atoms with Gasteiger partial charge in [0.2, 0.25) is 5.91 Å². The van der Waals surface area contributed by atoms with Gasteiger partial charge in [-0.15, -0.1) is 21.5 Å². The Morgan fingerprint density at radius 2 is 1.98 bits per heavy atom. The van der Waals surface area contributed by atoms with Crippen LogP contribution in [0.5, 0.6) is 0 Å². The second-order valence-corrected chi connectivity index (χ2v) is 12.0. The van der Waals surface area contributed by atoms with Crippen molar-refractivity contribution >= 4 is 39.9 Å². The minimum atomic E-state index is -1.20. The number of carbonyl (C=O) groups is 1. The molecule has 216 valence electrons. The fourth-order valence-corrected chi connectivity index (χ4v) is 6.37. The van der Waals surface area contributed by atoms with E-state index in [1.54, 1.807) is 42.1 Å². The molecule has 0 spiro atoms. The van der Waals surface area contributed by atoms with Gasteiger partial charge in [0, 0.05) is 29.0 Å². The van der Waals surface area contributed by atoms with Crippen LogP contribution in [0.3, 0.4) is 0 Å². The molecule has 5 aromatic heterocycles. The number of tetrazole rings is 1. The number of anilines is 2. The molecule has 13 nitrogen and oxygen atoms in total. The van der Waals surface area contributed by atoms with Gasteiger partial charge in [0.15, 0.2) is 17.3 Å². The minimum Gasteiger partial charge on any atom is -0.383 e. The van der Waals surface area contributed by atoms with Crippen LogP contribution >= 0.6 is 11.3 Å². The summed E-state index contributed by atoms with van der Waals surface area (Å²) < 4.78 is 16.1. The molecular formula is C28H25FN12OS. The molecule has 0 aliphatic carbocycles. The number of hydrogen-bond acceptors (Lipinski definition) is 11. The van der Waals surface area contributed by atoms with Crippen molar-refractivity contribution in [1.82, 2.24) is 50.3 Å². The summed E-state index contributed by atoms with van der Waals surface area (Å²) in [6, 6.07) is 10.1. The van der Waals surface area contributed by atoms with E-state index in [4.69, 9.17) is 20.8 Å². The highest BCUT2D eigenvalue weighted by atomic mass is 32.1. The van der Waals surface area contributed by atoms with Gasteiger partial charge in [-0.25, -0.2) is 29.0 Å². The molecule has 1 unspecified atom stereocenters. The standard InChI is InChI=1S/C28H25FN12OS/c1-27(2,24-36-39-40-37-24)11-15-13-43-26(32-15)28(3)18-20(30)33-22(34-21(18)35-25(28)42)19-16-8-6-10-31-23(16)41(38-19)12-14-7-4-5-9-17(14)29/h4-10,13H,11-12H2,1-3H3,(H,36,37,39,40)(H3,30,33,34,35,42). The highest BCUT2D eigenvalue weighted by Gasteiger charge is 2.50. The highest BCUT2D eigenvalue weighted by molar-refractivity contribution is 7.10. The van der Waals surface area contributed by atoms with E-state index < -0.39 is 10.8 Å². The molecule has 1 atom stereocenters. The fourth-order valence-electron chi connectivity index (χ4n) is 5.39. The van der Waals surface area contributed by atoms with Crippen molar-refractivity contribution in [3.63, 3.8) is 0 Å². The number of H-pyrrole nitrogens is 1. The van der Waals surface area contributed by atoms with Crippen LogP contribution < -0.4 is 11.1 Å². The number of nitrogens with one attached hydrogen (secondary N) is 2. The van der Waals surface area contributed by atoms with Gasteiger partial charge in [0.1, 0.15) is 33.6 Å². The zero-order chi connectivity index (χ0) is 29.9. The minimum absolute atomic E-state index is 0.130. The first-order valence-electron chi connectivity index (χ1n) is 13.4. The third-order valence-electron chi connectivity index (χ3n) is 7.67. The Kier molecular flexibility index (Phi) is 6.02. The average Bonchev–Trinajstić information content (AvgIpc) is 3.78. The summed E-state index contributed by atoms with van der Waals surface area (Å²) in [4.78, 5) is 32.1. The monoisotopic (exact) mass is 596 g/mol. The number of nitrogens with zero attached hydrogens (tertiary/aromatic N) is 9. The lowest BCUT2D eigenvalue weighted by Crippen LogP contribution is -2.33. The van der Waals surface area contributed by atoms with Gasteiger partial charge in [-0.3, -0.25) is 4.79 Å². The van der Waals surface area contributed by atoms with Crippen molar-refractivity contribution in [3.05, 3.63) is 81.4 Å². The number of aromatic amines is 1. The first-order chi connectivity index (χ1) is 20.6. The molecule has 7 rings (SSSR count). The van der Waals surface area contributed by atoms with E-state index in [1.165, 1.54) is 17.4 Å². The third kappa shape index (κ3) is 4.31. The molecule has 0 saturated carbocycles. The quantitative estimate of drug-likeness (QED) is 0.247. The molecule has 1 aliphatic rings. The molecule has 0 saturated heterocycles. The third-order valence-corrected chi connectivity index (χ3v) is 8.79. The summed E-state index contributed by atoms with van der Waals surface area (Å²) in [5.41, 5.74) is 7.58. The summed E-state index contributed by atoms with van der Waals surface area (Å²) in [5, 5.41) is 25.1. The summed E-state index contributed by atoms with van der Waals surface area (Å²) in [7, 11) is 0. The van der Waals surface area contributed by atoms with Crippen molar-refractivity contribution in [3.8, 4) is 11.5 Å². The lowest BCUT2D eigenvalue weighted by molar-refractivity contribution is -0.119. The average molecular weight is 597 g/mol. The number of hydrogen-bond donors (Lipinski definition) is 3. The van der Waals surface area contributed by atoms with Crippen LogP contribution in [0.1, 0.15) is 48.4 Å². The fraction of sp³-hybridized carbons (Fsp3) is 0.250. The van der Waals surface area contributed by atoms with Crippen molar-refractivity contribution in [2.24, 2.45) is 0 Å². The number of thiazole rings is 1. The number of fused-ring (bicyclic) bond motifs is 2. The van der Waals surface area contributed by atoms with Crippen molar-refractivity contribution < 1.29 is 9.18 Å². The number of halogens is 1. The summed E-state index contributed by atoms with van der Waals surface area (Å²) in [5.74, 6) is 0.558. The van der Waals surface area contributed by atoms with E-state index in [9.17, 15) is 9.18 Å². The number of nitrogens with two attached hydrogens (primary N) is 1. The van der Waals surface area contributed by atoms with E-state index in [-0.39, 0.29) is 29.9 Å². The zero-order valence-electron chi connectivity index (χ0n) is 23.3. The molecule has 6 aromatic rings. The highest BCUT2D eigenvalue weighted by Crippen LogP contribution is 2.46. The van der Waals surface area contributed by atoms with Crippen molar-refractivity contribution in [2.75, 3.05) is 11.1 Å². The number of benzene rings is 1. The maximum atomic E-state index is 14.4. The summed E-state index contributed by atoms with van der Waals surface area (Å²) >= 11 is 1.37. The Hall–Kier alpha value is -5.18. The second-order valence-electron chi connectivity index (χ2n) is 11.1. The normalized spacial score (nSPS) is 16.5. The molecule has 43 heavy (non-hydrogen) atoms. The second kappa shape index (κ2) is 9.69. The Bertz CT molecular complexity index is 2020. The van der Waals surface area contributed by atoms with Crippen molar-refractivity contribution in [2.45, 2.75) is 44.6 Å². The molecule has 15 heteroatoms. The zero-order valence-corrected chi connectivity index (χ0v) is 24.1. The van der Waals surface area contributed by atoms with Gasteiger partial charge in [-0.05, 0) is 25.1 Å².